The van der Waals surface area contributed by atoms with E-state index in [2.05, 4.69) is 110 Å². The van der Waals surface area contributed by atoms with Crippen LogP contribution in [-0.4, -0.2) is 56.1 Å². The van der Waals surface area contributed by atoms with Gasteiger partial charge in [0.1, 0.15) is 0 Å². The van der Waals surface area contributed by atoms with E-state index < -0.39 is 4.20 Å². The van der Waals surface area contributed by atoms with Gasteiger partial charge in [-0.05, 0) is 13.8 Å². The molecule has 2 aromatic carbocycles. The Morgan fingerprint density at radius 3 is 1.46 bits per heavy atom. The molecule has 0 bridgehead atoms. The van der Waals surface area contributed by atoms with Gasteiger partial charge in [0.25, 0.3) is 0 Å². The Bertz CT molecular complexity index is 538. The zero-order valence-corrected chi connectivity index (χ0v) is 19.2. The number of aryl methyl sites for hydroxylation is 2. The van der Waals surface area contributed by atoms with Crippen LogP contribution in [0, 0.1) is 0 Å². The number of quaternary nitrogens is 1. The van der Waals surface area contributed by atoms with Gasteiger partial charge in [-0.25, -0.2) is 0 Å². The molecule has 0 saturated carbocycles. The molecular formula is C20H30NPSe2. The van der Waals surface area contributed by atoms with Crippen molar-refractivity contribution in [1.29, 1.82) is 0 Å². The summed E-state index contributed by atoms with van der Waals surface area (Å²) >= 11 is 6.90. The van der Waals surface area contributed by atoms with Crippen LogP contribution in [-0.2, 0) is 12.8 Å². The average Bonchev–Trinajstić information content (AvgIpc) is 2.62. The molecule has 0 atom stereocenters. The van der Waals surface area contributed by atoms with E-state index in [1.807, 2.05) is 0 Å². The topological polar surface area (TPSA) is 16.6 Å². The molecule has 2 aromatic rings. The molecule has 2 N–H and O–H groups in total. The van der Waals surface area contributed by atoms with E-state index in [4.69, 9.17) is 0 Å². The Morgan fingerprint density at radius 1 is 0.792 bits per heavy atom. The first-order chi connectivity index (χ1) is 11.6. The Balaban J connectivity index is 0.000000505. The van der Waals surface area contributed by atoms with Crippen molar-refractivity contribution in [2.24, 2.45) is 0 Å². The van der Waals surface area contributed by atoms with Gasteiger partial charge >= 0.3 is 132 Å². The molecule has 0 amide bonds. The fourth-order valence-corrected chi connectivity index (χ4v) is 6.01. The van der Waals surface area contributed by atoms with E-state index in [0.717, 1.165) is 0 Å². The van der Waals surface area contributed by atoms with E-state index in [1.54, 1.807) is 0 Å². The fourth-order valence-electron chi connectivity index (χ4n) is 2.29. The van der Waals surface area contributed by atoms with Crippen molar-refractivity contribution in [3.05, 3.63) is 71.8 Å². The molecule has 0 fully saturated rings. The molecule has 4 heteroatoms. The van der Waals surface area contributed by atoms with Gasteiger partial charge in [-0.3, -0.25) is 0 Å². The SMILES string of the molecule is CC[NH2+]CC.[Se]=P([Se-])(CCc1ccccc1)CCc1ccccc1. The van der Waals surface area contributed by atoms with E-state index in [-0.39, 0.29) is 0 Å². The molecular weight excluding hydrogens is 443 g/mol. The molecule has 0 aliphatic carbocycles. The first-order valence-electron chi connectivity index (χ1n) is 8.76. The fraction of sp³-hybridized carbons (Fsp3) is 0.400. The van der Waals surface area contributed by atoms with Crippen LogP contribution in [0.2, 0.25) is 0 Å². The van der Waals surface area contributed by atoms with Gasteiger partial charge in [-0.15, -0.1) is 0 Å². The predicted molar refractivity (Wildman–Crippen MR) is 111 cm³/mol. The van der Waals surface area contributed by atoms with Crippen LogP contribution in [0.3, 0.4) is 0 Å². The van der Waals surface area contributed by atoms with Crippen LogP contribution >= 0.6 is 4.20 Å². The van der Waals surface area contributed by atoms with Gasteiger partial charge in [0.2, 0.25) is 0 Å². The predicted octanol–water partition coefficient (Wildman–Crippen LogP) is 3.25. The number of rotatable bonds is 8. The quantitative estimate of drug-likeness (QED) is 0.448. The zero-order chi connectivity index (χ0) is 17.7. The number of hydrogen-bond acceptors (Lipinski definition) is 0. The van der Waals surface area contributed by atoms with Crippen molar-refractivity contribution in [2.45, 2.75) is 26.7 Å². The van der Waals surface area contributed by atoms with Crippen LogP contribution < -0.4 is 5.32 Å². The average molecular weight is 473 g/mol. The molecule has 0 unspecified atom stereocenters. The summed E-state index contributed by atoms with van der Waals surface area (Å²) in [6.07, 6.45) is 4.85. The van der Waals surface area contributed by atoms with Gasteiger partial charge in [-0.1, -0.05) is 0 Å². The number of hydrogen-bond donors (Lipinski definition) is 1. The van der Waals surface area contributed by atoms with Crippen molar-refractivity contribution in [3.63, 3.8) is 0 Å². The van der Waals surface area contributed by atoms with Crippen molar-refractivity contribution in [3.8, 4) is 0 Å². The Morgan fingerprint density at radius 2 is 1.17 bits per heavy atom. The van der Waals surface area contributed by atoms with E-state index in [9.17, 15) is 0 Å². The van der Waals surface area contributed by atoms with Crippen molar-refractivity contribution >= 4 is 34.9 Å². The third-order valence-electron chi connectivity index (χ3n) is 3.75. The molecule has 0 aliphatic rings. The molecule has 0 heterocycles. The summed E-state index contributed by atoms with van der Waals surface area (Å²) in [6, 6.07) is 21.5. The summed E-state index contributed by atoms with van der Waals surface area (Å²) in [5.41, 5.74) is 2.88. The summed E-state index contributed by atoms with van der Waals surface area (Å²) in [6.45, 7) is 6.75. The summed E-state index contributed by atoms with van der Waals surface area (Å²) in [5.74, 6) is 0. The second kappa shape index (κ2) is 13.1. The monoisotopic (exact) mass is 475 g/mol. The Labute approximate surface area is 163 Å². The van der Waals surface area contributed by atoms with Gasteiger partial charge < -0.3 is 5.32 Å². The summed E-state index contributed by atoms with van der Waals surface area (Å²) in [5, 5.41) is 2.25. The second-order valence-electron chi connectivity index (χ2n) is 5.84. The molecule has 1 nitrogen and oxygen atoms in total. The first kappa shape index (κ1) is 21.9. The molecule has 0 aliphatic heterocycles. The minimum absolute atomic E-state index is 1.02. The van der Waals surface area contributed by atoms with E-state index in [0.29, 0.717) is 0 Å². The summed E-state index contributed by atoms with van der Waals surface area (Å²) in [7, 11) is 0. The van der Waals surface area contributed by atoms with Crippen molar-refractivity contribution in [1.82, 2.24) is 0 Å². The van der Waals surface area contributed by atoms with Crippen LogP contribution in [0.1, 0.15) is 25.0 Å². The van der Waals surface area contributed by atoms with Gasteiger partial charge in [0, 0.05) is 0 Å². The maximum absolute atomic E-state index is 3.45. The molecule has 2 rings (SSSR count). The minimum atomic E-state index is -1.02. The van der Waals surface area contributed by atoms with E-state index >= 15 is 0 Å². The van der Waals surface area contributed by atoms with Crippen molar-refractivity contribution in [2.75, 3.05) is 25.4 Å². The van der Waals surface area contributed by atoms with Crippen LogP contribution in [0.25, 0.3) is 0 Å². The maximum atomic E-state index is 3.45. The summed E-state index contributed by atoms with van der Waals surface area (Å²) in [4.78, 5) is 0. The molecule has 24 heavy (non-hydrogen) atoms. The van der Waals surface area contributed by atoms with E-state index in [1.165, 1.54) is 49.4 Å². The second-order valence-corrected chi connectivity index (χ2v) is 20.7. The van der Waals surface area contributed by atoms with Crippen LogP contribution in [0.15, 0.2) is 60.7 Å². The van der Waals surface area contributed by atoms with Crippen molar-refractivity contribution < 1.29 is 5.32 Å². The Hall–Kier alpha value is -0.131. The first-order valence-corrected chi connectivity index (χ1v) is 15.3. The molecule has 0 radical (unpaired) electrons. The summed E-state index contributed by atoms with van der Waals surface area (Å²) < 4.78 is -1.02. The van der Waals surface area contributed by atoms with Crippen LogP contribution in [0.4, 0.5) is 0 Å². The van der Waals surface area contributed by atoms with Gasteiger partial charge in [-0.2, -0.15) is 0 Å². The molecule has 0 saturated heterocycles. The van der Waals surface area contributed by atoms with Gasteiger partial charge in [0.15, 0.2) is 0 Å². The standard InChI is InChI=1S/C16H19PSe2.C4H11N/c18-17(19,13-11-15-7-3-1-4-8-15)14-12-16-9-5-2-6-10-16;1-3-5-4-2/h1-10H,11-14H2,(H,18,19);5H,3-4H2,1-2H3. The third-order valence-corrected chi connectivity index (χ3v) is 10.2. The molecule has 132 valence electrons. The zero-order valence-electron chi connectivity index (χ0n) is 14.9. The normalized spacial score (nSPS) is 10.8. The number of benzene rings is 2. The Kier molecular flexibility index (Phi) is 12.0. The third kappa shape index (κ3) is 10.7. The molecule has 0 spiro atoms. The van der Waals surface area contributed by atoms with Gasteiger partial charge in [0.05, 0.1) is 13.1 Å². The van der Waals surface area contributed by atoms with Crippen LogP contribution in [0.5, 0.6) is 0 Å². The molecule has 0 aromatic heterocycles. The number of nitrogens with two attached hydrogens (primary N) is 1.